The molecule has 1 rings (SSSR count). The van der Waals surface area contributed by atoms with Crippen molar-refractivity contribution >= 4 is 12.1 Å². The zero-order chi connectivity index (χ0) is 10.0. The van der Waals surface area contributed by atoms with Crippen molar-refractivity contribution in [2.24, 2.45) is 0 Å². The first kappa shape index (κ1) is 9.58. The number of aldehydes is 1. The number of hydrogen-bond donors (Lipinski definition) is 0. The molecule has 0 radical (unpaired) electrons. The van der Waals surface area contributed by atoms with Crippen LogP contribution in [0.1, 0.15) is 33.2 Å². The van der Waals surface area contributed by atoms with Gasteiger partial charge in [-0.2, -0.15) is 0 Å². The Kier molecular flexibility index (Phi) is 2.56. The molecule has 0 saturated heterocycles. The predicted octanol–water partition coefficient (Wildman–Crippen LogP) is 2.15. The summed E-state index contributed by atoms with van der Waals surface area (Å²) in [6, 6.07) is 2.85. The summed E-state index contributed by atoms with van der Waals surface area (Å²) in [5, 5.41) is 0. The third-order valence-corrected chi connectivity index (χ3v) is 1.75. The second-order valence-electron chi connectivity index (χ2n) is 2.89. The van der Waals surface area contributed by atoms with Crippen molar-refractivity contribution in [2.45, 2.75) is 13.8 Å². The minimum atomic E-state index is -0.729. The monoisotopic (exact) mass is 180 g/mol. The van der Waals surface area contributed by atoms with Crippen molar-refractivity contribution in [1.82, 2.24) is 0 Å². The molecule has 13 heavy (non-hydrogen) atoms. The van der Waals surface area contributed by atoms with Crippen LogP contribution >= 0.6 is 0 Å². The molecule has 0 fully saturated rings. The first-order valence-electron chi connectivity index (χ1n) is 3.82. The maximum Gasteiger partial charge on any atom is 0.162 e. The van der Waals surface area contributed by atoms with Gasteiger partial charge in [-0.25, -0.2) is 4.39 Å². The highest BCUT2D eigenvalue weighted by Crippen LogP contribution is 2.14. The fourth-order valence-electron chi connectivity index (χ4n) is 1.14. The molecule has 68 valence electrons. The summed E-state index contributed by atoms with van der Waals surface area (Å²) >= 11 is 0. The van der Waals surface area contributed by atoms with Gasteiger partial charge >= 0.3 is 0 Å². The number of carbonyl (C=O) groups excluding carboxylic acids is 2. The van der Waals surface area contributed by atoms with Gasteiger partial charge in [-0.3, -0.25) is 9.59 Å². The lowest BCUT2D eigenvalue weighted by atomic mass is 10.0. The van der Waals surface area contributed by atoms with Crippen LogP contribution in [0.4, 0.5) is 4.39 Å². The zero-order valence-electron chi connectivity index (χ0n) is 7.43. The van der Waals surface area contributed by atoms with Gasteiger partial charge in [0, 0.05) is 0 Å². The second-order valence-corrected chi connectivity index (χ2v) is 2.89. The molecular formula is C10H9FO2. The van der Waals surface area contributed by atoms with E-state index in [0.717, 1.165) is 0 Å². The molecule has 0 aliphatic rings. The Labute approximate surface area is 75.4 Å². The van der Waals surface area contributed by atoms with Crippen LogP contribution in [0.15, 0.2) is 12.1 Å². The number of hydrogen-bond acceptors (Lipinski definition) is 2. The van der Waals surface area contributed by atoms with E-state index in [-0.39, 0.29) is 16.9 Å². The molecule has 0 N–H and O–H groups in total. The molecule has 2 nitrogen and oxygen atoms in total. The summed E-state index contributed by atoms with van der Waals surface area (Å²) in [4.78, 5) is 21.3. The summed E-state index contributed by atoms with van der Waals surface area (Å²) in [5.74, 6) is -1.10. The van der Waals surface area contributed by atoms with Crippen LogP contribution in [0.5, 0.6) is 0 Å². The number of Topliss-reactive ketones (excluding diaryl/α,β-unsaturated/α-hetero) is 1. The van der Waals surface area contributed by atoms with Crippen molar-refractivity contribution in [3.8, 4) is 0 Å². The molecule has 0 aliphatic heterocycles. The molecule has 0 atom stereocenters. The van der Waals surface area contributed by atoms with E-state index < -0.39 is 5.82 Å². The van der Waals surface area contributed by atoms with Crippen molar-refractivity contribution in [1.29, 1.82) is 0 Å². The molecule has 0 spiro atoms. The van der Waals surface area contributed by atoms with Crippen molar-refractivity contribution < 1.29 is 14.0 Å². The summed E-state index contributed by atoms with van der Waals surface area (Å²) in [6.45, 7) is 2.98. The van der Waals surface area contributed by atoms with Gasteiger partial charge in [-0.05, 0) is 31.5 Å². The minimum Gasteiger partial charge on any atom is -0.298 e. The summed E-state index contributed by atoms with van der Waals surface area (Å²) < 4.78 is 13.3. The van der Waals surface area contributed by atoms with Crippen molar-refractivity contribution in [2.75, 3.05) is 0 Å². The minimum absolute atomic E-state index is 0.0258. The topological polar surface area (TPSA) is 34.1 Å². The Bertz CT molecular complexity index is 369. The van der Waals surface area contributed by atoms with Crippen LogP contribution in [0.2, 0.25) is 0 Å². The molecule has 0 saturated carbocycles. The van der Waals surface area contributed by atoms with Gasteiger partial charge in [-0.15, -0.1) is 0 Å². The lowest BCUT2D eigenvalue weighted by molar-refractivity contribution is 0.101. The molecular weight excluding hydrogens is 171 g/mol. The summed E-state index contributed by atoms with van der Waals surface area (Å²) in [7, 11) is 0. The number of ketones is 1. The third kappa shape index (κ3) is 1.80. The van der Waals surface area contributed by atoms with E-state index in [4.69, 9.17) is 0 Å². The Balaban J connectivity index is 3.44. The number of benzene rings is 1. The number of aryl methyl sites for hydroxylation is 1. The largest absolute Gasteiger partial charge is 0.298 e. The molecule has 1 aromatic carbocycles. The van der Waals surface area contributed by atoms with E-state index in [9.17, 15) is 14.0 Å². The standard InChI is InChI=1S/C10H9FO2/c1-6-3-8(5-12)10(11)9(4-6)7(2)13/h3-5H,1-2H3. The van der Waals surface area contributed by atoms with Gasteiger partial charge in [-0.1, -0.05) is 0 Å². The highest BCUT2D eigenvalue weighted by atomic mass is 19.1. The molecule has 0 heterocycles. The quantitative estimate of drug-likeness (QED) is 0.516. The van der Waals surface area contributed by atoms with Gasteiger partial charge in [0.2, 0.25) is 0 Å². The summed E-state index contributed by atoms with van der Waals surface area (Å²) in [6.07, 6.45) is 0.411. The molecule has 0 bridgehead atoms. The van der Waals surface area contributed by atoms with Crippen LogP contribution in [0.25, 0.3) is 0 Å². The third-order valence-electron chi connectivity index (χ3n) is 1.75. The first-order chi connectivity index (χ1) is 6.06. The maximum absolute atomic E-state index is 13.3. The molecule has 0 unspecified atom stereocenters. The van der Waals surface area contributed by atoms with Gasteiger partial charge in [0.05, 0.1) is 11.1 Å². The lowest BCUT2D eigenvalue weighted by Crippen LogP contribution is -2.01. The van der Waals surface area contributed by atoms with Gasteiger partial charge in [0.15, 0.2) is 12.1 Å². The summed E-state index contributed by atoms with van der Waals surface area (Å²) in [5.41, 5.74) is 0.612. The van der Waals surface area contributed by atoms with E-state index in [2.05, 4.69) is 0 Å². The van der Waals surface area contributed by atoms with Crippen LogP contribution < -0.4 is 0 Å². The number of halogens is 1. The maximum atomic E-state index is 13.3. The normalized spacial score (nSPS) is 9.77. The Hall–Kier alpha value is -1.51. The van der Waals surface area contributed by atoms with Crippen LogP contribution in [-0.2, 0) is 0 Å². The smallest absolute Gasteiger partial charge is 0.162 e. The molecule has 0 amide bonds. The van der Waals surface area contributed by atoms with Gasteiger partial charge < -0.3 is 0 Å². The zero-order valence-corrected chi connectivity index (χ0v) is 7.43. The van der Waals surface area contributed by atoms with Crippen molar-refractivity contribution in [3.63, 3.8) is 0 Å². The average Bonchev–Trinajstić information content (AvgIpc) is 2.08. The predicted molar refractivity (Wildman–Crippen MR) is 46.5 cm³/mol. The molecule has 0 aliphatic carbocycles. The van der Waals surface area contributed by atoms with E-state index in [1.165, 1.54) is 19.1 Å². The van der Waals surface area contributed by atoms with Crippen LogP contribution in [-0.4, -0.2) is 12.1 Å². The van der Waals surface area contributed by atoms with E-state index in [1.54, 1.807) is 6.92 Å². The van der Waals surface area contributed by atoms with Gasteiger partial charge in [0.25, 0.3) is 0 Å². The van der Waals surface area contributed by atoms with Crippen molar-refractivity contribution in [3.05, 3.63) is 34.6 Å². The highest BCUT2D eigenvalue weighted by molar-refractivity contribution is 5.96. The fraction of sp³-hybridized carbons (Fsp3) is 0.200. The fourth-order valence-corrected chi connectivity index (χ4v) is 1.14. The van der Waals surface area contributed by atoms with E-state index in [0.29, 0.717) is 11.8 Å². The molecule has 3 heteroatoms. The molecule has 1 aromatic rings. The lowest BCUT2D eigenvalue weighted by Gasteiger charge is -2.02. The van der Waals surface area contributed by atoms with Crippen LogP contribution in [0, 0.1) is 12.7 Å². The second kappa shape index (κ2) is 3.47. The van der Waals surface area contributed by atoms with Crippen LogP contribution in [0.3, 0.4) is 0 Å². The Morgan fingerprint density at radius 2 is 2.08 bits per heavy atom. The highest BCUT2D eigenvalue weighted by Gasteiger charge is 2.11. The SMILES string of the molecule is CC(=O)c1cc(C)cc(C=O)c1F. The molecule has 0 aromatic heterocycles. The number of rotatable bonds is 2. The van der Waals surface area contributed by atoms with E-state index in [1.807, 2.05) is 0 Å². The first-order valence-corrected chi connectivity index (χ1v) is 3.82. The average molecular weight is 180 g/mol. The Morgan fingerprint density at radius 1 is 1.46 bits per heavy atom. The van der Waals surface area contributed by atoms with E-state index >= 15 is 0 Å². The Morgan fingerprint density at radius 3 is 2.54 bits per heavy atom. The number of carbonyl (C=O) groups is 2. The van der Waals surface area contributed by atoms with Gasteiger partial charge in [0.1, 0.15) is 5.82 Å².